The van der Waals surface area contributed by atoms with Crippen LogP contribution in [0.15, 0.2) is 43.0 Å². The quantitative estimate of drug-likeness (QED) is 0.735. The van der Waals surface area contributed by atoms with Gasteiger partial charge in [-0.2, -0.15) is 0 Å². The minimum absolute atomic E-state index is 0.181. The first-order valence-electron chi connectivity index (χ1n) is 8.86. The molecule has 1 amide bonds. The van der Waals surface area contributed by atoms with Crippen molar-refractivity contribution in [3.05, 3.63) is 48.8 Å². The third-order valence-corrected chi connectivity index (χ3v) is 5.18. The van der Waals surface area contributed by atoms with E-state index in [0.717, 1.165) is 49.3 Å². The number of likely N-dealkylation sites (tertiary alicyclic amines) is 1. The number of hydrogen-bond donors (Lipinski definition) is 0. The number of amides is 1. The summed E-state index contributed by atoms with van der Waals surface area (Å²) in [5.74, 6) is 1.86. The van der Waals surface area contributed by atoms with Crippen LogP contribution in [0.2, 0.25) is 0 Å². The Bertz CT molecular complexity index is 873. The summed E-state index contributed by atoms with van der Waals surface area (Å²) < 4.78 is 4.15. The summed E-state index contributed by atoms with van der Waals surface area (Å²) >= 11 is 0. The smallest absolute Gasteiger partial charge is 0.242 e. The highest BCUT2D eigenvalue weighted by Gasteiger charge is 2.23. The largest absolute Gasteiger partial charge is 0.341 e. The fourth-order valence-corrected chi connectivity index (χ4v) is 3.62. The Kier molecular flexibility index (Phi) is 4.26. The zero-order chi connectivity index (χ0) is 17.2. The van der Waals surface area contributed by atoms with E-state index in [0.29, 0.717) is 12.5 Å². The molecule has 0 unspecified atom stereocenters. The predicted molar refractivity (Wildman–Crippen MR) is 96.0 cm³/mol. The van der Waals surface area contributed by atoms with Gasteiger partial charge in [0.15, 0.2) is 0 Å². The minimum atomic E-state index is 0.181. The van der Waals surface area contributed by atoms with E-state index in [-0.39, 0.29) is 5.91 Å². The van der Waals surface area contributed by atoms with E-state index in [2.05, 4.69) is 14.5 Å². The summed E-state index contributed by atoms with van der Waals surface area (Å²) in [6, 6.07) is 7.93. The highest BCUT2D eigenvalue weighted by Crippen LogP contribution is 2.20. The van der Waals surface area contributed by atoms with E-state index in [1.807, 2.05) is 53.0 Å². The predicted octanol–water partition coefficient (Wildman–Crippen LogP) is 2.48. The molecule has 0 bridgehead atoms. The van der Waals surface area contributed by atoms with E-state index in [1.165, 1.54) is 0 Å². The molecule has 1 fully saturated rings. The lowest BCUT2D eigenvalue weighted by atomic mass is 9.96. The van der Waals surface area contributed by atoms with Crippen LogP contribution >= 0.6 is 0 Å². The monoisotopic (exact) mass is 337 g/mol. The van der Waals surface area contributed by atoms with Crippen molar-refractivity contribution in [1.82, 2.24) is 24.0 Å². The van der Waals surface area contributed by atoms with E-state index < -0.39 is 0 Å². The van der Waals surface area contributed by atoms with Crippen molar-refractivity contribution >= 4 is 16.9 Å². The summed E-state index contributed by atoms with van der Waals surface area (Å²) in [6.07, 6.45) is 7.75. The minimum Gasteiger partial charge on any atom is -0.341 e. The summed E-state index contributed by atoms with van der Waals surface area (Å²) in [7, 11) is 0. The highest BCUT2D eigenvalue weighted by atomic mass is 16.2. The van der Waals surface area contributed by atoms with Gasteiger partial charge in [0.25, 0.3) is 0 Å². The van der Waals surface area contributed by atoms with Crippen molar-refractivity contribution in [2.45, 2.75) is 32.9 Å². The molecule has 0 saturated carbocycles. The van der Waals surface area contributed by atoms with Gasteiger partial charge >= 0.3 is 0 Å². The number of piperidine rings is 1. The molecule has 3 aromatic rings. The van der Waals surface area contributed by atoms with E-state index in [4.69, 9.17) is 0 Å². The Morgan fingerprint density at radius 3 is 2.72 bits per heavy atom. The molecule has 4 rings (SSSR count). The molecule has 130 valence electrons. The number of para-hydroxylation sites is 2. The van der Waals surface area contributed by atoms with E-state index in [1.54, 1.807) is 6.33 Å². The Hall–Kier alpha value is -2.63. The van der Waals surface area contributed by atoms with Crippen LogP contribution in [0.25, 0.3) is 11.0 Å². The molecule has 0 atom stereocenters. The first kappa shape index (κ1) is 15.9. The van der Waals surface area contributed by atoms with Gasteiger partial charge in [-0.15, -0.1) is 0 Å². The zero-order valence-corrected chi connectivity index (χ0v) is 14.5. The second kappa shape index (κ2) is 6.70. The summed E-state index contributed by atoms with van der Waals surface area (Å²) in [6.45, 7) is 5.08. The SMILES string of the molecule is Cc1nccn1CC1CCN(C(=O)Cn2cnc3ccccc32)CC1. The average Bonchev–Trinajstić information content (AvgIpc) is 3.22. The van der Waals surface area contributed by atoms with Crippen molar-refractivity contribution in [2.24, 2.45) is 5.92 Å². The van der Waals surface area contributed by atoms with E-state index >= 15 is 0 Å². The molecule has 1 saturated heterocycles. The Labute approximate surface area is 147 Å². The molecule has 1 aliphatic heterocycles. The molecule has 1 aromatic carbocycles. The van der Waals surface area contributed by atoms with Gasteiger partial charge in [0.2, 0.25) is 5.91 Å². The molecule has 0 spiro atoms. The summed E-state index contributed by atoms with van der Waals surface area (Å²) in [4.78, 5) is 23.3. The van der Waals surface area contributed by atoms with Crippen LogP contribution in [0.1, 0.15) is 18.7 Å². The van der Waals surface area contributed by atoms with Crippen LogP contribution < -0.4 is 0 Å². The van der Waals surface area contributed by atoms with Crippen LogP contribution in [0, 0.1) is 12.8 Å². The van der Waals surface area contributed by atoms with Crippen LogP contribution in [-0.2, 0) is 17.9 Å². The summed E-state index contributed by atoms with van der Waals surface area (Å²) in [5.41, 5.74) is 1.95. The third-order valence-electron chi connectivity index (χ3n) is 5.18. The van der Waals surface area contributed by atoms with Gasteiger partial charge in [-0.1, -0.05) is 12.1 Å². The average molecular weight is 337 g/mol. The van der Waals surface area contributed by atoms with Crippen molar-refractivity contribution in [2.75, 3.05) is 13.1 Å². The molecular formula is C19H23N5O. The molecular weight excluding hydrogens is 314 g/mol. The maximum Gasteiger partial charge on any atom is 0.242 e. The molecule has 0 N–H and O–H groups in total. The van der Waals surface area contributed by atoms with Crippen molar-refractivity contribution in [3.8, 4) is 0 Å². The first-order valence-corrected chi connectivity index (χ1v) is 8.86. The van der Waals surface area contributed by atoms with Gasteiger partial charge in [0.05, 0.1) is 17.4 Å². The van der Waals surface area contributed by atoms with Gasteiger partial charge < -0.3 is 14.0 Å². The molecule has 0 aliphatic carbocycles. The maximum absolute atomic E-state index is 12.6. The Morgan fingerprint density at radius 1 is 1.16 bits per heavy atom. The van der Waals surface area contributed by atoms with Crippen molar-refractivity contribution in [3.63, 3.8) is 0 Å². The summed E-state index contributed by atoms with van der Waals surface area (Å²) in [5, 5.41) is 0. The molecule has 0 radical (unpaired) electrons. The standard InChI is InChI=1S/C19H23N5O/c1-15-20-8-11-23(15)12-16-6-9-22(10-7-16)19(25)13-24-14-21-17-4-2-3-5-18(17)24/h2-5,8,11,14,16H,6-7,9-10,12-13H2,1H3. The second-order valence-corrected chi connectivity index (χ2v) is 6.81. The van der Waals surface area contributed by atoms with Crippen LogP contribution in [-0.4, -0.2) is 43.0 Å². The number of hydrogen-bond acceptors (Lipinski definition) is 3. The molecule has 1 aliphatic rings. The molecule has 25 heavy (non-hydrogen) atoms. The number of carbonyl (C=O) groups is 1. The van der Waals surface area contributed by atoms with Gasteiger partial charge in [0, 0.05) is 32.0 Å². The fraction of sp³-hybridized carbons (Fsp3) is 0.421. The van der Waals surface area contributed by atoms with Gasteiger partial charge in [0.1, 0.15) is 12.4 Å². The topological polar surface area (TPSA) is 56.0 Å². The zero-order valence-electron chi connectivity index (χ0n) is 14.5. The lowest BCUT2D eigenvalue weighted by Crippen LogP contribution is -2.40. The molecule has 6 nitrogen and oxygen atoms in total. The number of aromatic nitrogens is 4. The number of nitrogens with zero attached hydrogens (tertiary/aromatic N) is 5. The highest BCUT2D eigenvalue weighted by molar-refractivity contribution is 5.80. The van der Waals surface area contributed by atoms with Gasteiger partial charge in [-0.05, 0) is 37.8 Å². The lowest BCUT2D eigenvalue weighted by Gasteiger charge is -2.32. The molecule has 2 aromatic heterocycles. The van der Waals surface area contributed by atoms with Crippen LogP contribution in [0.3, 0.4) is 0 Å². The van der Waals surface area contributed by atoms with Crippen molar-refractivity contribution < 1.29 is 4.79 Å². The lowest BCUT2D eigenvalue weighted by molar-refractivity contribution is -0.133. The molecule has 6 heteroatoms. The number of carbonyl (C=O) groups excluding carboxylic acids is 1. The van der Waals surface area contributed by atoms with Gasteiger partial charge in [-0.3, -0.25) is 4.79 Å². The molecule has 3 heterocycles. The first-order chi connectivity index (χ1) is 12.2. The van der Waals surface area contributed by atoms with Crippen molar-refractivity contribution in [1.29, 1.82) is 0 Å². The maximum atomic E-state index is 12.6. The normalized spacial score (nSPS) is 15.8. The van der Waals surface area contributed by atoms with Gasteiger partial charge in [-0.25, -0.2) is 9.97 Å². The number of fused-ring (bicyclic) bond motifs is 1. The second-order valence-electron chi connectivity index (χ2n) is 6.81. The third kappa shape index (κ3) is 3.29. The van der Waals surface area contributed by atoms with E-state index in [9.17, 15) is 4.79 Å². The van der Waals surface area contributed by atoms with Crippen LogP contribution in [0.4, 0.5) is 0 Å². The number of rotatable bonds is 4. The number of aryl methyl sites for hydroxylation is 1. The fourth-order valence-electron chi connectivity index (χ4n) is 3.62. The Morgan fingerprint density at radius 2 is 1.96 bits per heavy atom. The number of imidazole rings is 2. The Balaban J connectivity index is 1.34. The van der Waals surface area contributed by atoms with Crippen LogP contribution in [0.5, 0.6) is 0 Å². The number of benzene rings is 1.